The molecule has 1 aromatic heterocycles. The average Bonchev–Trinajstić information content (AvgIpc) is 3.37. The van der Waals surface area contributed by atoms with Gasteiger partial charge >= 0.3 is 12.1 Å². The van der Waals surface area contributed by atoms with Gasteiger partial charge in [-0.05, 0) is 57.4 Å². The maximum Gasteiger partial charge on any atom is 0.412 e. The van der Waals surface area contributed by atoms with E-state index in [0.29, 0.717) is 24.3 Å². The minimum atomic E-state index is -1.88. The van der Waals surface area contributed by atoms with Crippen LogP contribution in [0.25, 0.3) is 0 Å². The minimum Gasteiger partial charge on any atom is -0.479 e. The van der Waals surface area contributed by atoms with Crippen LogP contribution in [0.4, 0.5) is 22.4 Å². The number of carbonyl (C=O) groups excluding carboxylic acids is 5. The number of aryl methyl sites for hydroxylation is 1. The van der Waals surface area contributed by atoms with Crippen LogP contribution >= 0.6 is 0 Å². The summed E-state index contributed by atoms with van der Waals surface area (Å²) in [7, 11) is 0. The quantitative estimate of drug-likeness (QED) is 0.176. The van der Waals surface area contributed by atoms with Gasteiger partial charge in [0.2, 0.25) is 17.5 Å². The third-order valence-electron chi connectivity index (χ3n) is 8.28. The number of Topliss-reactive ketones (excluding diaryl/α,β-unsaturated/α-hetero) is 2. The first-order valence-corrected chi connectivity index (χ1v) is 15.9. The van der Waals surface area contributed by atoms with Gasteiger partial charge in [0, 0.05) is 37.0 Å². The number of amides is 2. The number of benzene rings is 2. The normalized spacial score (nSPS) is 19.0. The molecule has 2 aliphatic rings. The van der Waals surface area contributed by atoms with Crippen molar-refractivity contribution in [2.45, 2.75) is 76.6 Å². The topological polar surface area (TPSA) is 142 Å². The second-order valence-corrected chi connectivity index (χ2v) is 13.1. The van der Waals surface area contributed by atoms with E-state index in [0.717, 1.165) is 5.56 Å². The average molecular weight is 702 g/mol. The number of nitrogens with zero attached hydrogens (tertiary/aromatic N) is 1. The van der Waals surface area contributed by atoms with Crippen molar-refractivity contribution < 1.29 is 55.7 Å². The zero-order valence-electron chi connectivity index (χ0n) is 27.4. The van der Waals surface area contributed by atoms with E-state index in [4.69, 9.17) is 14.2 Å². The first kappa shape index (κ1) is 36.1. The molecule has 1 aliphatic heterocycles. The monoisotopic (exact) mass is 701 g/mol. The highest BCUT2D eigenvalue weighted by Crippen LogP contribution is 2.38. The molecule has 4 unspecified atom stereocenters. The van der Waals surface area contributed by atoms with Gasteiger partial charge in [0.15, 0.2) is 23.2 Å². The Kier molecular flexibility index (Phi) is 10.6. The number of hydrogen-bond donors (Lipinski definition) is 2. The molecule has 0 saturated carbocycles. The van der Waals surface area contributed by atoms with E-state index in [9.17, 15) is 41.5 Å². The number of carbonyl (C=O) groups is 5. The summed E-state index contributed by atoms with van der Waals surface area (Å²) in [5.41, 5.74) is 0.538. The third kappa shape index (κ3) is 8.32. The first-order valence-electron chi connectivity index (χ1n) is 15.9. The number of nitrogens with one attached hydrogen (secondary N) is 2. The van der Waals surface area contributed by atoms with Crippen molar-refractivity contribution in [3.63, 3.8) is 0 Å². The molecule has 2 N–H and O–H groups in total. The highest BCUT2D eigenvalue weighted by atomic mass is 19.2. The van der Waals surface area contributed by atoms with Crippen LogP contribution in [0.3, 0.4) is 0 Å². The first-order chi connectivity index (χ1) is 23.6. The summed E-state index contributed by atoms with van der Waals surface area (Å²) in [4.78, 5) is 66.2. The Bertz CT molecular complexity index is 1780. The van der Waals surface area contributed by atoms with Gasteiger partial charge in [-0.1, -0.05) is 18.2 Å². The Labute approximate surface area is 284 Å². The summed E-state index contributed by atoms with van der Waals surface area (Å²) in [6.45, 7) is 3.53. The number of aromatic nitrogens is 1. The van der Waals surface area contributed by atoms with Crippen molar-refractivity contribution in [2.24, 2.45) is 5.92 Å². The predicted octanol–water partition coefficient (Wildman–Crippen LogP) is 4.69. The lowest BCUT2D eigenvalue weighted by molar-refractivity contribution is -0.156. The fourth-order valence-corrected chi connectivity index (χ4v) is 6.11. The van der Waals surface area contributed by atoms with Gasteiger partial charge in [0.05, 0.1) is 18.3 Å². The van der Waals surface area contributed by atoms with E-state index in [-0.39, 0.29) is 24.8 Å². The number of ether oxygens (including phenoxy) is 3. The Balaban J connectivity index is 1.33. The van der Waals surface area contributed by atoms with Crippen LogP contribution in [0.5, 0.6) is 11.5 Å². The molecule has 0 bridgehead atoms. The molecule has 4 atom stereocenters. The molecule has 2 amide bonds. The molecule has 0 fully saturated rings. The van der Waals surface area contributed by atoms with Crippen molar-refractivity contribution in [1.82, 2.24) is 15.2 Å². The van der Waals surface area contributed by atoms with Gasteiger partial charge in [-0.2, -0.15) is 8.78 Å². The number of rotatable bonds is 10. The second-order valence-electron chi connectivity index (χ2n) is 13.1. The molecule has 2 aromatic carbocycles. The van der Waals surface area contributed by atoms with Crippen LogP contribution < -0.4 is 20.1 Å². The molecule has 2 heterocycles. The lowest BCUT2D eigenvalue weighted by Gasteiger charge is -2.31. The smallest absolute Gasteiger partial charge is 0.412 e. The highest BCUT2D eigenvalue weighted by Gasteiger charge is 2.43. The molecule has 50 heavy (non-hydrogen) atoms. The molecular formula is C35H35F4N3O8. The molecule has 3 aromatic rings. The van der Waals surface area contributed by atoms with Gasteiger partial charge in [-0.25, -0.2) is 13.6 Å². The maximum atomic E-state index is 14.2. The predicted molar refractivity (Wildman–Crippen MR) is 167 cm³/mol. The van der Waals surface area contributed by atoms with Crippen LogP contribution in [0.2, 0.25) is 0 Å². The van der Waals surface area contributed by atoms with Crippen molar-refractivity contribution >= 4 is 29.5 Å². The number of para-hydroxylation sites is 1. The Morgan fingerprint density at radius 3 is 2.34 bits per heavy atom. The Morgan fingerprint density at radius 1 is 1.00 bits per heavy atom. The summed E-state index contributed by atoms with van der Waals surface area (Å²) >= 11 is 0. The van der Waals surface area contributed by atoms with E-state index in [1.807, 2.05) is 6.07 Å². The summed E-state index contributed by atoms with van der Waals surface area (Å²) in [6, 6.07) is 7.86. The number of hydrogen-bond acceptors (Lipinski definition) is 8. The molecule has 0 spiro atoms. The molecule has 5 rings (SSSR count). The summed E-state index contributed by atoms with van der Waals surface area (Å²) in [5, 5.41) is 5.22. The zero-order chi connectivity index (χ0) is 36.3. The largest absolute Gasteiger partial charge is 0.479 e. The van der Waals surface area contributed by atoms with E-state index in [2.05, 4.69) is 10.6 Å². The molecule has 11 nitrogen and oxygen atoms in total. The molecule has 15 heteroatoms. The number of ketones is 2. The summed E-state index contributed by atoms with van der Waals surface area (Å²) in [6.07, 6.45) is 0.914. The van der Waals surface area contributed by atoms with Gasteiger partial charge < -0.3 is 29.4 Å². The van der Waals surface area contributed by atoms with Crippen LogP contribution in [0.1, 0.15) is 57.2 Å². The minimum absolute atomic E-state index is 0.00737. The molecule has 266 valence electrons. The molecular weight excluding hydrogens is 666 g/mol. The number of esters is 1. The van der Waals surface area contributed by atoms with E-state index < -0.39 is 95.3 Å². The van der Waals surface area contributed by atoms with Gasteiger partial charge in [-0.3, -0.25) is 19.2 Å². The lowest BCUT2D eigenvalue weighted by Crippen LogP contribution is -2.48. The summed E-state index contributed by atoms with van der Waals surface area (Å²) in [5.74, 6) is -13.5. The Morgan fingerprint density at radius 2 is 1.68 bits per heavy atom. The maximum absolute atomic E-state index is 14.2. The SMILES string of the molecule is CC(C)(C)OC(=O)CC(NC(=O)C1CC(=O)C2c3c(ccn3C1)CCC2NC(=O)Oc1ccccc1)C(=O)COc1c(F)c(F)cc(F)c1F. The van der Waals surface area contributed by atoms with Crippen LogP contribution in [-0.2, 0) is 36.9 Å². The van der Waals surface area contributed by atoms with Crippen LogP contribution in [-0.4, -0.2) is 58.4 Å². The standard InChI is InChI=1S/C35H35F4N3O8/c1-35(2,3)50-27(45)15-24(26(44)17-48-32-29(38)21(36)14-22(37)30(32)39)40-33(46)19-13-25(43)28-23(10-9-18-11-12-42(16-19)31(18)28)41-34(47)49-20-7-5-4-6-8-20/h4-8,11-12,14,19,23-24,28H,9-10,13,15-17H2,1-3H3,(H,40,46)(H,41,47). The van der Waals surface area contributed by atoms with Crippen LogP contribution in [0.15, 0.2) is 48.7 Å². The van der Waals surface area contributed by atoms with Crippen molar-refractivity contribution in [3.05, 3.63) is 83.2 Å². The molecule has 0 saturated heterocycles. The number of halogens is 4. The Hall–Kier alpha value is -5.21. The van der Waals surface area contributed by atoms with E-state index in [1.54, 1.807) is 61.9 Å². The zero-order valence-corrected chi connectivity index (χ0v) is 27.4. The highest BCUT2D eigenvalue weighted by molar-refractivity contribution is 5.96. The summed E-state index contributed by atoms with van der Waals surface area (Å²) < 4.78 is 72.9. The fourth-order valence-electron chi connectivity index (χ4n) is 6.11. The van der Waals surface area contributed by atoms with E-state index >= 15 is 0 Å². The fraction of sp³-hybridized carbons (Fsp3) is 0.400. The van der Waals surface area contributed by atoms with Crippen molar-refractivity contribution in [1.29, 1.82) is 0 Å². The molecule has 0 radical (unpaired) electrons. The third-order valence-corrected chi connectivity index (χ3v) is 8.28. The van der Waals surface area contributed by atoms with Crippen molar-refractivity contribution in [2.75, 3.05) is 6.61 Å². The molecule has 1 aliphatic carbocycles. The van der Waals surface area contributed by atoms with Gasteiger partial charge in [-0.15, -0.1) is 0 Å². The van der Waals surface area contributed by atoms with Gasteiger partial charge in [0.25, 0.3) is 0 Å². The van der Waals surface area contributed by atoms with E-state index in [1.165, 1.54) is 0 Å². The van der Waals surface area contributed by atoms with Gasteiger partial charge in [0.1, 0.15) is 29.8 Å². The lowest BCUT2D eigenvalue weighted by atomic mass is 9.79. The van der Waals surface area contributed by atoms with Crippen LogP contribution in [0, 0.1) is 29.2 Å². The second kappa shape index (κ2) is 14.7. The van der Waals surface area contributed by atoms with Crippen molar-refractivity contribution in [3.8, 4) is 11.5 Å².